The molecule has 8 heteroatoms. The number of halogens is 2. The third-order valence-electron chi connectivity index (χ3n) is 2.00. The van der Waals surface area contributed by atoms with E-state index in [-0.39, 0.29) is 5.95 Å². The molecule has 0 aliphatic rings. The highest BCUT2D eigenvalue weighted by Gasteiger charge is 2.07. The number of aromatic amines is 1. The monoisotopic (exact) mass is 285 g/mol. The smallest absolute Gasteiger partial charge is 0.308 e. The zero-order valence-corrected chi connectivity index (χ0v) is 10.8. The number of carbonyl (C=O) groups is 1. The molecule has 6 nitrogen and oxygen atoms in total. The Hall–Kier alpha value is -1.79. The number of anilines is 2. The molecule has 0 atom stereocenters. The number of H-pyrrole nitrogens is 1. The first-order chi connectivity index (χ1) is 8.54. The molecule has 2 aromatic rings. The molecule has 0 bridgehead atoms. The van der Waals surface area contributed by atoms with Gasteiger partial charge in [-0.05, 0) is 25.1 Å². The van der Waals surface area contributed by atoms with E-state index in [1.807, 2.05) is 0 Å². The van der Waals surface area contributed by atoms with Gasteiger partial charge in [-0.1, -0.05) is 23.2 Å². The molecule has 0 unspecified atom stereocenters. The normalized spacial score (nSPS) is 10.2. The van der Waals surface area contributed by atoms with Gasteiger partial charge in [0.25, 0.3) is 0 Å². The molecule has 0 aliphatic heterocycles. The average molecular weight is 286 g/mol. The van der Waals surface area contributed by atoms with Crippen LogP contribution in [0.4, 0.5) is 16.4 Å². The molecular formula is C10H9Cl2N5O. The first-order valence-corrected chi connectivity index (χ1v) is 5.72. The Labute approximate surface area is 113 Å². The van der Waals surface area contributed by atoms with Gasteiger partial charge in [-0.25, -0.2) is 4.79 Å². The van der Waals surface area contributed by atoms with E-state index in [9.17, 15) is 4.79 Å². The van der Waals surface area contributed by atoms with Gasteiger partial charge in [0.15, 0.2) is 0 Å². The van der Waals surface area contributed by atoms with Crippen LogP contribution in [0.5, 0.6) is 0 Å². The van der Waals surface area contributed by atoms with E-state index >= 15 is 0 Å². The Morgan fingerprint density at radius 1 is 1.28 bits per heavy atom. The molecule has 0 radical (unpaired) electrons. The summed E-state index contributed by atoms with van der Waals surface area (Å²) in [5, 5.41) is 12.2. The molecule has 3 N–H and O–H groups in total. The van der Waals surface area contributed by atoms with E-state index in [1.165, 1.54) is 0 Å². The average Bonchev–Trinajstić information content (AvgIpc) is 2.69. The van der Waals surface area contributed by atoms with Crippen molar-refractivity contribution in [2.45, 2.75) is 6.92 Å². The number of rotatable bonds is 2. The molecule has 2 rings (SSSR count). The SMILES string of the molecule is Cc1nc(NC(=O)Nc2ccc(Cl)c(Cl)c2)n[nH]1. The highest BCUT2D eigenvalue weighted by atomic mass is 35.5. The number of hydrogen-bond donors (Lipinski definition) is 3. The number of aromatic nitrogens is 3. The topological polar surface area (TPSA) is 82.7 Å². The van der Waals surface area contributed by atoms with Gasteiger partial charge in [0, 0.05) is 5.69 Å². The molecule has 0 fully saturated rings. The van der Waals surface area contributed by atoms with Gasteiger partial charge in [0.2, 0.25) is 5.95 Å². The Kier molecular flexibility index (Phi) is 3.69. The highest BCUT2D eigenvalue weighted by molar-refractivity contribution is 6.42. The quantitative estimate of drug-likeness (QED) is 0.793. The zero-order valence-electron chi connectivity index (χ0n) is 9.29. The fraction of sp³-hybridized carbons (Fsp3) is 0.100. The molecule has 0 saturated heterocycles. The maximum Gasteiger partial charge on any atom is 0.326 e. The molecule has 18 heavy (non-hydrogen) atoms. The molecule has 1 aromatic heterocycles. The van der Waals surface area contributed by atoms with Gasteiger partial charge in [-0.2, -0.15) is 4.98 Å². The zero-order chi connectivity index (χ0) is 13.1. The summed E-state index contributed by atoms with van der Waals surface area (Å²) in [5.41, 5.74) is 0.522. The number of hydrogen-bond acceptors (Lipinski definition) is 3. The van der Waals surface area contributed by atoms with Crippen molar-refractivity contribution in [2.75, 3.05) is 10.6 Å². The lowest BCUT2D eigenvalue weighted by Crippen LogP contribution is -2.20. The predicted octanol–water partition coefficient (Wildman–Crippen LogP) is 3.06. The van der Waals surface area contributed by atoms with Gasteiger partial charge >= 0.3 is 6.03 Å². The molecular weight excluding hydrogens is 277 g/mol. The minimum atomic E-state index is -0.465. The first-order valence-electron chi connectivity index (χ1n) is 4.96. The first kappa shape index (κ1) is 12.7. The maximum absolute atomic E-state index is 11.6. The Morgan fingerprint density at radius 3 is 2.67 bits per heavy atom. The lowest BCUT2D eigenvalue weighted by Gasteiger charge is -2.05. The van der Waals surface area contributed by atoms with E-state index < -0.39 is 6.03 Å². The largest absolute Gasteiger partial charge is 0.326 e. The summed E-state index contributed by atoms with van der Waals surface area (Å²) in [7, 11) is 0. The number of carbonyl (C=O) groups excluding carboxylic acids is 1. The fourth-order valence-corrected chi connectivity index (χ4v) is 1.53. The second kappa shape index (κ2) is 5.24. The number of aryl methyl sites for hydroxylation is 1. The molecule has 0 saturated carbocycles. The molecule has 94 valence electrons. The predicted molar refractivity (Wildman–Crippen MR) is 70.2 cm³/mol. The van der Waals surface area contributed by atoms with E-state index in [0.29, 0.717) is 21.6 Å². The maximum atomic E-state index is 11.6. The second-order valence-corrected chi connectivity index (χ2v) is 4.27. The lowest BCUT2D eigenvalue weighted by molar-refractivity contribution is 0.262. The number of amides is 2. The minimum absolute atomic E-state index is 0.199. The summed E-state index contributed by atoms with van der Waals surface area (Å²) in [6, 6.07) is 4.31. The van der Waals surface area contributed by atoms with Gasteiger partial charge < -0.3 is 5.32 Å². The van der Waals surface area contributed by atoms with Gasteiger partial charge in [0.1, 0.15) is 5.82 Å². The standard InChI is InChI=1S/C10H9Cl2N5O/c1-5-13-9(17-16-5)15-10(18)14-6-2-3-7(11)8(12)4-6/h2-4H,1H3,(H3,13,14,15,16,17,18). The molecule has 0 aliphatic carbocycles. The number of nitrogens with one attached hydrogen (secondary N) is 3. The van der Waals surface area contributed by atoms with E-state index in [4.69, 9.17) is 23.2 Å². The number of benzene rings is 1. The van der Waals surface area contributed by atoms with Crippen LogP contribution in [0.3, 0.4) is 0 Å². The second-order valence-electron chi connectivity index (χ2n) is 3.45. The summed E-state index contributed by atoms with van der Waals surface area (Å²) < 4.78 is 0. The summed E-state index contributed by atoms with van der Waals surface area (Å²) in [6.45, 7) is 1.73. The van der Waals surface area contributed by atoms with E-state index in [2.05, 4.69) is 25.8 Å². The van der Waals surface area contributed by atoms with Crippen LogP contribution in [-0.2, 0) is 0 Å². The summed E-state index contributed by atoms with van der Waals surface area (Å²) >= 11 is 11.6. The lowest BCUT2D eigenvalue weighted by atomic mass is 10.3. The summed E-state index contributed by atoms with van der Waals surface area (Å²) in [6.07, 6.45) is 0. The fourth-order valence-electron chi connectivity index (χ4n) is 1.24. The molecule has 1 heterocycles. The van der Waals surface area contributed by atoms with Crippen molar-refractivity contribution in [1.29, 1.82) is 0 Å². The van der Waals surface area contributed by atoms with Crippen molar-refractivity contribution in [2.24, 2.45) is 0 Å². The van der Waals surface area contributed by atoms with Crippen molar-refractivity contribution >= 4 is 40.9 Å². The van der Waals surface area contributed by atoms with Crippen LogP contribution >= 0.6 is 23.2 Å². The van der Waals surface area contributed by atoms with Crippen molar-refractivity contribution in [1.82, 2.24) is 15.2 Å². The van der Waals surface area contributed by atoms with Crippen LogP contribution in [0.2, 0.25) is 10.0 Å². The van der Waals surface area contributed by atoms with Crippen LogP contribution in [0, 0.1) is 6.92 Å². The third kappa shape index (κ3) is 3.12. The molecule has 1 aromatic carbocycles. The summed E-state index contributed by atoms with van der Waals surface area (Å²) in [5.74, 6) is 0.810. The Morgan fingerprint density at radius 2 is 2.06 bits per heavy atom. The van der Waals surface area contributed by atoms with Crippen LogP contribution in [-0.4, -0.2) is 21.2 Å². The van der Waals surface area contributed by atoms with Crippen molar-refractivity contribution in [3.05, 3.63) is 34.1 Å². The van der Waals surface area contributed by atoms with Crippen LogP contribution in [0.1, 0.15) is 5.82 Å². The highest BCUT2D eigenvalue weighted by Crippen LogP contribution is 2.24. The number of nitrogens with zero attached hydrogens (tertiary/aromatic N) is 2. The Balaban J connectivity index is 2.00. The van der Waals surface area contributed by atoms with Gasteiger partial charge in [-0.3, -0.25) is 10.4 Å². The van der Waals surface area contributed by atoms with E-state index in [0.717, 1.165) is 0 Å². The van der Waals surface area contributed by atoms with Gasteiger partial charge in [0.05, 0.1) is 10.0 Å². The Bertz CT molecular complexity index is 583. The summed E-state index contributed by atoms with van der Waals surface area (Å²) in [4.78, 5) is 15.5. The van der Waals surface area contributed by atoms with E-state index in [1.54, 1.807) is 25.1 Å². The molecule has 2 amide bonds. The third-order valence-corrected chi connectivity index (χ3v) is 2.74. The van der Waals surface area contributed by atoms with Crippen LogP contribution in [0.25, 0.3) is 0 Å². The van der Waals surface area contributed by atoms with Crippen LogP contribution in [0.15, 0.2) is 18.2 Å². The van der Waals surface area contributed by atoms with Gasteiger partial charge in [-0.15, -0.1) is 5.10 Å². The minimum Gasteiger partial charge on any atom is -0.308 e. The van der Waals surface area contributed by atoms with Crippen molar-refractivity contribution in [3.8, 4) is 0 Å². The number of urea groups is 1. The van der Waals surface area contributed by atoms with Crippen molar-refractivity contribution < 1.29 is 4.79 Å². The van der Waals surface area contributed by atoms with Crippen molar-refractivity contribution in [3.63, 3.8) is 0 Å². The molecule has 0 spiro atoms. The van der Waals surface area contributed by atoms with Crippen LogP contribution < -0.4 is 10.6 Å².